The van der Waals surface area contributed by atoms with E-state index in [1.54, 1.807) is 14.0 Å². The smallest absolute Gasteiger partial charge is 0.237 e. The zero-order valence-corrected chi connectivity index (χ0v) is 10.3. The first-order valence-corrected chi connectivity index (χ1v) is 5.63. The highest BCUT2D eigenvalue weighted by atomic mass is 16.2. The third-order valence-corrected chi connectivity index (χ3v) is 2.28. The Morgan fingerprint density at radius 3 is 2.47 bits per heavy atom. The van der Waals surface area contributed by atoms with Crippen molar-refractivity contribution in [2.24, 2.45) is 11.8 Å². The number of carbonyl (C=O) groups excluding carboxylic acids is 1. The molecule has 3 heteroatoms. The predicted octanol–water partition coefficient (Wildman–Crippen LogP) is 1.78. The molecule has 0 aromatic heterocycles. The molecule has 2 N–H and O–H groups in total. The Morgan fingerprint density at radius 2 is 2.00 bits per heavy atom. The molecule has 0 aromatic rings. The van der Waals surface area contributed by atoms with Crippen LogP contribution in [0.3, 0.4) is 0 Å². The predicted molar refractivity (Wildman–Crippen MR) is 64.8 cm³/mol. The largest absolute Gasteiger partial charge is 0.355 e. The van der Waals surface area contributed by atoms with Crippen molar-refractivity contribution < 1.29 is 8.91 Å². The van der Waals surface area contributed by atoms with Gasteiger partial charge in [0.1, 0.15) is 0 Å². The summed E-state index contributed by atoms with van der Waals surface area (Å²) in [5.74, 6) is -0.0697. The van der Waals surface area contributed by atoms with E-state index in [1.807, 2.05) is 0 Å². The Hall–Kier alpha value is -0.570. The summed E-state index contributed by atoms with van der Waals surface area (Å²) in [6.45, 7) is 4.47. The van der Waals surface area contributed by atoms with E-state index in [0.29, 0.717) is 18.9 Å². The SMILES string of the molecule is [2H]C([2H])([2H])C(C)C[C@H](NC)C(=O)NCCC(C)C. The van der Waals surface area contributed by atoms with E-state index in [9.17, 15) is 4.79 Å². The Morgan fingerprint density at radius 1 is 1.33 bits per heavy atom. The fourth-order valence-electron chi connectivity index (χ4n) is 1.32. The fraction of sp³-hybridized carbons (Fsp3) is 0.917. The first-order valence-electron chi connectivity index (χ1n) is 7.13. The molecule has 15 heavy (non-hydrogen) atoms. The lowest BCUT2D eigenvalue weighted by atomic mass is 10.0. The van der Waals surface area contributed by atoms with Crippen LogP contribution in [-0.4, -0.2) is 25.5 Å². The van der Waals surface area contributed by atoms with Crippen LogP contribution >= 0.6 is 0 Å². The van der Waals surface area contributed by atoms with Crippen molar-refractivity contribution in [2.45, 2.75) is 46.5 Å². The summed E-state index contributed by atoms with van der Waals surface area (Å²) in [5, 5.41) is 5.72. The number of carbonyl (C=O) groups is 1. The lowest BCUT2D eigenvalue weighted by molar-refractivity contribution is -0.123. The average molecular weight is 217 g/mol. The molecule has 0 saturated heterocycles. The van der Waals surface area contributed by atoms with Crippen LogP contribution in [0.1, 0.15) is 44.6 Å². The lowest BCUT2D eigenvalue weighted by Gasteiger charge is -2.18. The van der Waals surface area contributed by atoms with Crippen molar-refractivity contribution in [3.05, 3.63) is 0 Å². The molecule has 0 aliphatic rings. The summed E-state index contributed by atoms with van der Waals surface area (Å²) in [4.78, 5) is 11.9. The van der Waals surface area contributed by atoms with Crippen LogP contribution in [0.2, 0.25) is 0 Å². The van der Waals surface area contributed by atoms with Gasteiger partial charge in [0, 0.05) is 10.7 Å². The molecule has 0 rings (SSSR count). The Kier molecular flexibility index (Phi) is 4.94. The van der Waals surface area contributed by atoms with Crippen LogP contribution in [0.25, 0.3) is 0 Å². The Balaban J connectivity index is 4.20. The minimum absolute atomic E-state index is 0.116. The number of amides is 1. The topological polar surface area (TPSA) is 41.1 Å². The van der Waals surface area contributed by atoms with Crippen molar-refractivity contribution in [1.29, 1.82) is 0 Å². The fourth-order valence-corrected chi connectivity index (χ4v) is 1.32. The monoisotopic (exact) mass is 217 g/mol. The van der Waals surface area contributed by atoms with Crippen molar-refractivity contribution in [1.82, 2.24) is 10.6 Å². The standard InChI is InChI=1S/C12H26N2O/c1-9(2)6-7-14-12(15)11(13-5)8-10(3)4/h9-11,13H,6-8H2,1-5H3,(H,14,15)/t11-/m0/s1/i3D3/t10?,11-. The van der Waals surface area contributed by atoms with E-state index in [0.717, 1.165) is 6.42 Å². The van der Waals surface area contributed by atoms with Gasteiger partial charge in [-0.2, -0.15) is 0 Å². The number of hydrogen-bond donors (Lipinski definition) is 2. The quantitative estimate of drug-likeness (QED) is 0.682. The highest BCUT2D eigenvalue weighted by Gasteiger charge is 2.16. The summed E-state index contributed by atoms with van der Waals surface area (Å²) in [6, 6.07) is -0.437. The van der Waals surface area contributed by atoms with Gasteiger partial charge in [-0.15, -0.1) is 0 Å². The molecule has 1 unspecified atom stereocenters. The zero-order valence-electron chi connectivity index (χ0n) is 13.3. The molecular weight excluding hydrogens is 188 g/mol. The van der Waals surface area contributed by atoms with Gasteiger partial charge in [-0.3, -0.25) is 4.79 Å². The van der Waals surface area contributed by atoms with Crippen LogP contribution in [0, 0.1) is 11.8 Å². The molecule has 0 saturated carbocycles. The van der Waals surface area contributed by atoms with Crippen LogP contribution in [0.15, 0.2) is 0 Å². The van der Waals surface area contributed by atoms with E-state index in [2.05, 4.69) is 24.5 Å². The van der Waals surface area contributed by atoms with Gasteiger partial charge in [0.25, 0.3) is 0 Å². The van der Waals surface area contributed by atoms with Gasteiger partial charge in [-0.1, -0.05) is 27.6 Å². The second-order valence-corrected chi connectivity index (χ2v) is 4.45. The van der Waals surface area contributed by atoms with E-state index in [1.165, 1.54) is 0 Å². The van der Waals surface area contributed by atoms with E-state index in [-0.39, 0.29) is 5.91 Å². The maximum absolute atomic E-state index is 11.9. The Labute approximate surface area is 98.2 Å². The number of nitrogens with one attached hydrogen (secondary N) is 2. The van der Waals surface area contributed by atoms with Crippen LogP contribution in [0.5, 0.6) is 0 Å². The van der Waals surface area contributed by atoms with Crippen molar-refractivity contribution in [2.75, 3.05) is 13.6 Å². The summed E-state index contributed by atoms with van der Waals surface area (Å²) < 4.78 is 21.9. The molecule has 90 valence electrons. The van der Waals surface area contributed by atoms with Gasteiger partial charge in [0.05, 0.1) is 6.04 Å². The number of rotatable bonds is 7. The van der Waals surface area contributed by atoms with Gasteiger partial charge in [-0.05, 0) is 31.7 Å². The lowest BCUT2D eigenvalue weighted by Crippen LogP contribution is -2.43. The van der Waals surface area contributed by atoms with E-state index < -0.39 is 18.8 Å². The average Bonchev–Trinajstić information content (AvgIpc) is 2.23. The van der Waals surface area contributed by atoms with Crippen LogP contribution < -0.4 is 10.6 Å². The Bertz CT molecular complexity index is 254. The highest BCUT2D eigenvalue weighted by molar-refractivity contribution is 5.81. The molecule has 0 aliphatic heterocycles. The summed E-state index contributed by atoms with van der Waals surface area (Å²) >= 11 is 0. The summed E-state index contributed by atoms with van der Waals surface area (Å²) in [6.07, 6.45) is 1.25. The van der Waals surface area contributed by atoms with Gasteiger partial charge < -0.3 is 10.6 Å². The molecule has 0 heterocycles. The number of hydrogen-bond acceptors (Lipinski definition) is 2. The maximum atomic E-state index is 11.9. The first kappa shape index (κ1) is 9.64. The van der Waals surface area contributed by atoms with Gasteiger partial charge in [0.15, 0.2) is 0 Å². The third kappa shape index (κ3) is 7.37. The first-order chi connectivity index (χ1) is 8.18. The molecule has 0 fully saturated rings. The molecular formula is C12H26N2O. The van der Waals surface area contributed by atoms with Crippen molar-refractivity contribution in [3.63, 3.8) is 0 Å². The van der Waals surface area contributed by atoms with E-state index >= 15 is 0 Å². The van der Waals surface area contributed by atoms with Gasteiger partial charge in [0.2, 0.25) is 5.91 Å². The van der Waals surface area contributed by atoms with Crippen molar-refractivity contribution in [3.8, 4) is 0 Å². The molecule has 1 amide bonds. The summed E-state index contributed by atoms with van der Waals surface area (Å²) in [7, 11) is 1.68. The van der Waals surface area contributed by atoms with Crippen LogP contribution in [-0.2, 0) is 4.79 Å². The molecule has 0 bridgehead atoms. The summed E-state index contributed by atoms with van der Waals surface area (Å²) in [5.41, 5.74) is 0. The molecule has 0 aromatic carbocycles. The second kappa shape index (κ2) is 7.69. The van der Waals surface area contributed by atoms with E-state index in [4.69, 9.17) is 4.11 Å². The maximum Gasteiger partial charge on any atom is 0.237 e. The van der Waals surface area contributed by atoms with Crippen molar-refractivity contribution >= 4 is 5.91 Å². The molecule has 2 atom stereocenters. The minimum atomic E-state index is -2.01. The molecule has 0 aliphatic carbocycles. The highest BCUT2D eigenvalue weighted by Crippen LogP contribution is 2.04. The normalized spacial score (nSPS) is 18.9. The minimum Gasteiger partial charge on any atom is -0.355 e. The number of likely N-dealkylation sites (N-methyl/N-ethyl adjacent to an activating group) is 1. The second-order valence-electron chi connectivity index (χ2n) is 4.45. The zero-order chi connectivity index (χ0) is 14.3. The molecule has 3 nitrogen and oxygen atoms in total. The molecule has 0 spiro atoms. The third-order valence-electron chi connectivity index (χ3n) is 2.28. The molecule has 0 radical (unpaired) electrons. The van der Waals surface area contributed by atoms with Gasteiger partial charge in [-0.25, -0.2) is 0 Å². The van der Waals surface area contributed by atoms with Crippen LogP contribution in [0.4, 0.5) is 0 Å². The van der Waals surface area contributed by atoms with Gasteiger partial charge >= 0.3 is 0 Å².